The standard InChI is InChI=1S/C10H12N2O3/c1-15-12-9(5-6-10(13)14)8-4-2-3-7-11-8/h2-4,7H,5-6H2,1H3,(H,13,14)/b12-9-. The van der Waals surface area contributed by atoms with Crippen LogP contribution in [0, 0.1) is 0 Å². The van der Waals surface area contributed by atoms with E-state index in [9.17, 15) is 4.79 Å². The first-order chi connectivity index (χ1) is 7.24. The molecule has 0 aromatic carbocycles. The van der Waals surface area contributed by atoms with E-state index in [-0.39, 0.29) is 6.42 Å². The van der Waals surface area contributed by atoms with Crippen molar-refractivity contribution >= 4 is 11.7 Å². The monoisotopic (exact) mass is 208 g/mol. The van der Waals surface area contributed by atoms with Gasteiger partial charge in [0.15, 0.2) is 0 Å². The Morgan fingerprint density at radius 1 is 1.53 bits per heavy atom. The molecule has 5 nitrogen and oxygen atoms in total. The largest absolute Gasteiger partial charge is 0.481 e. The van der Waals surface area contributed by atoms with E-state index < -0.39 is 5.97 Å². The van der Waals surface area contributed by atoms with Gasteiger partial charge in [0.25, 0.3) is 0 Å². The second kappa shape index (κ2) is 5.74. The van der Waals surface area contributed by atoms with Crippen molar-refractivity contribution in [1.82, 2.24) is 4.98 Å². The smallest absolute Gasteiger partial charge is 0.303 e. The molecule has 1 aromatic rings. The van der Waals surface area contributed by atoms with Gasteiger partial charge in [0.1, 0.15) is 12.8 Å². The van der Waals surface area contributed by atoms with Gasteiger partial charge in [-0.15, -0.1) is 0 Å². The van der Waals surface area contributed by atoms with E-state index in [0.717, 1.165) is 0 Å². The fraction of sp³-hybridized carbons (Fsp3) is 0.300. The number of oxime groups is 1. The van der Waals surface area contributed by atoms with Gasteiger partial charge >= 0.3 is 5.97 Å². The Balaban J connectivity index is 2.75. The molecule has 0 unspecified atom stereocenters. The fourth-order valence-electron chi connectivity index (χ4n) is 1.09. The summed E-state index contributed by atoms with van der Waals surface area (Å²) in [5.74, 6) is -0.866. The van der Waals surface area contributed by atoms with E-state index in [1.807, 2.05) is 6.07 Å². The molecule has 0 aliphatic rings. The highest BCUT2D eigenvalue weighted by Gasteiger charge is 2.08. The van der Waals surface area contributed by atoms with Crippen LogP contribution in [0.2, 0.25) is 0 Å². The van der Waals surface area contributed by atoms with E-state index in [0.29, 0.717) is 17.8 Å². The van der Waals surface area contributed by atoms with Crippen molar-refractivity contribution in [3.05, 3.63) is 30.1 Å². The molecule has 0 aliphatic carbocycles. The van der Waals surface area contributed by atoms with Crippen LogP contribution in [0.4, 0.5) is 0 Å². The molecule has 0 radical (unpaired) electrons. The molecule has 15 heavy (non-hydrogen) atoms. The maximum absolute atomic E-state index is 10.4. The summed E-state index contributed by atoms with van der Waals surface area (Å²) in [5.41, 5.74) is 1.18. The van der Waals surface area contributed by atoms with E-state index in [4.69, 9.17) is 5.11 Å². The summed E-state index contributed by atoms with van der Waals surface area (Å²) in [7, 11) is 1.42. The minimum atomic E-state index is -0.866. The van der Waals surface area contributed by atoms with Crippen LogP contribution in [0.3, 0.4) is 0 Å². The third-order valence-corrected chi connectivity index (χ3v) is 1.74. The number of hydrogen-bond donors (Lipinski definition) is 1. The number of carboxylic acid groups (broad SMARTS) is 1. The van der Waals surface area contributed by atoms with Crippen LogP contribution in [0.15, 0.2) is 29.6 Å². The van der Waals surface area contributed by atoms with E-state index >= 15 is 0 Å². The van der Waals surface area contributed by atoms with Crippen molar-refractivity contribution in [2.24, 2.45) is 5.16 Å². The topological polar surface area (TPSA) is 71.8 Å². The molecule has 0 amide bonds. The molecule has 0 bridgehead atoms. The minimum absolute atomic E-state index is 0.0127. The second-order valence-corrected chi connectivity index (χ2v) is 2.83. The molecule has 0 atom stereocenters. The molecule has 0 spiro atoms. The lowest BCUT2D eigenvalue weighted by atomic mass is 10.1. The highest BCUT2D eigenvalue weighted by Crippen LogP contribution is 2.04. The van der Waals surface area contributed by atoms with Crippen LogP contribution >= 0.6 is 0 Å². The predicted octanol–water partition coefficient (Wildman–Crippen LogP) is 1.30. The third-order valence-electron chi connectivity index (χ3n) is 1.74. The summed E-state index contributed by atoms with van der Waals surface area (Å²) < 4.78 is 0. The lowest BCUT2D eigenvalue weighted by Crippen LogP contribution is -2.07. The summed E-state index contributed by atoms with van der Waals surface area (Å²) in [6.45, 7) is 0. The van der Waals surface area contributed by atoms with Crippen molar-refractivity contribution in [3.63, 3.8) is 0 Å². The molecule has 5 heteroatoms. The van der Waals surface area contributed by atoms with Crippen LogP contribution in [-0.4, -0.2) is 28.9 Å². The Labute approximate surface area is 87.4 Å². The van der Waals surface area contributed by atoms with E-state index in [1.165, 1.54) is 7.11 Å². The third kappa shape index (κ3) is 3.76. The second-order valence-electron chi connectivity index (χ2n) is 2.83. The number of carboxylic acids is 1. The zero-order valence-electron chi connectivity index (χ0n) is 8.38. The van der Waals surface area contributed by atoms with Crippen LogP contribution < -0.4 is 0 Å². The summed E-state index contributed by atoms with van der Waals surface area (Å²) in [6, 6.07) is 5.36. The first kappa shape index (κ1) is 11.2. The minimum Gasteiger partial charge on any atom is -0.481 e. The van der Waals surface area contributed by atoms with Crippen molar-refractivity contribution in [2.45, 2.75) is 12.8 Å². The summed E-state index contributed by atoms with van der Waals surface area (Å²) in [4.78, 5) is 19.1. The fourth-order valence-corrected chi connectivity index (χ4v) is 1.09. The number of hydrogen-bond acceptors (Lipinski definition) is 4. The van der Waals surface area contributed by atoms with Gasteiger partial charge in [-0.25, -0.2) is 0 Å². The first-order valence-corrected chi connectivity index (χ1v) is 4.47. The number of pyridine rings is 1. The Bertz CT molecular complexity index is 349. The van der Waals surface area contributed by atoms with Gasteiger partial charge in [0.05, 0.1) is 12.1 Å². The van der Waals surface area contributed by atoms with Crippen molar-refractivity contribution in [1.29, 1.82) is 0 Å². The van der Waals surface area contributed by atoms with Gasteiger partial charge in [0, 0.05) is 12.6 Å². The van der Waals surface area contributed by atoms with Gasteiger partial charge in [-0.2, -0.15) is 0 Å². The van der Waals surface area contributed by atoms with Crippen molar-refractivity contribution in [2.75, 3.05) is 7.11 Å². The lowest BCUT2D eigenvalue weighted by Gasteiger charge is -2.02. The number of carbonyl (C=O) groups is 1. The molecule has 1 N–H and O–H groups in total. The molecule has 1 aromatic heterocycles. The van der Waals surface area contributed by atoms with Crippen LogP contribution in [-0.2, 0) is 9.63 Å². The Hall–Kier alpha value is -1.91. The molecule has 1 rings (SSSR count). The van der Waals surface area contributed by atoms with Gasteiger partial charge in [-0.1, -0.05) is 11.2 Å². The maximum atomic E-state index is 10.4. The number of rotatable bonds is 5. The van der Waals surface area contributed by atoms with E-state index in [1.54, 1.807) is 18.3 Å². The number of aromatic nitrogens is 1. The quantitative estimate of drug-likeness (QED) is 0.584. The van der Waals surface area contributed by atoms with Gasteiger partial charge in [0.2, 0.25) is 0 Å². The van der Waals surface area contributed by atoms with Crippen LogP contribution in [0.5, 0.6) is 0 Å². The molecule has 0 saturated carbocycles. The van der Waals surface area contributed by atoms with Crippen molar-refractivity contribution in [3.8, 4) is 0 Å². The average molecular weight is 208 g/mol. The van der Waals surface area contributed by atoms with Gasteiger partial charge in [-0.3, -0.25) is 9.78 Å². The molecular formula is C10H12N2O3. The van der Waals surface area contributed by atoms with Crippen LogP contribution in [0.25, 0.3) is 0 Å². The number of aliphatic carboxylic acids is 1. The maximum Gasteiger partial charge on any atom is 0.303 e. The molecular weight excluding hydrogens is 196 g/mol. The Morgan fingerprint density at radius 2 is 2.33 bits per heavy atom. The van der Waals surface area contributed by atoms with Gasteiger partial charge < -0.3 is 9.94 Å². The molecule has 0 saturated heterocycles. The van der Waals surface area contributed by atoms with E-state index in [2.05, 4.69) is 15.0 Å². The highest BCUT2D eigenvalue weighted by molar-refractivity contribution is 5.99. The highest BCUT2D eigenvalue weighted by atomic mass is 16.6. The summed E-state index contributed by atoms with van der Waals surface area (Å²) in [5, 5.41) is 12.3. The van der Waals surface area contributed by atoms with Crippen molar-refractivity contribution < 1.29 is 14.7 Å². The molecule has 0 fully saturated rings. The van der Waals surface area contributed by atoms with Crippen LogP contribution in [0.1, 0.15) is 18.5 Å². The number of nitrogens with zero attached hydrogens (tertiary/aromatic N) is 2. The predicted molar refractivity (Wildman–Crippen MR) is 54.7 cm³/mol. The summed E-state index contributed by atoms with van der Waals surface area (Å²) in [6.07, 6.45) is 1.94. The first-order valence-electron chi connectivity index (χ1n) is 4.47. The average Bonchev–Trinajstić information content (AvgIpc) is 2.25. The normalized spacial score (nSPS) is 11.1. The Kier molecular flexibility index (Phi) is 4.28. The lowest BCUT2D eigenvalue weighted by molar-refractivity contribution is -0.136. The zero-order valence-corrected chi connectivity index (χ0v) is 8.38. The SMILES string of the molecule is CO/N=C(/CCC(=O)O)c1ccccn1. The van der Waals surface area contributed by atoms with Gasteiger partial charge in [-0.05, 0) is 12.1 Å². The molecule has 0 aliphatic heterocycles. The molecule has 80 valence electrons. The Morgan fingerprint density at radius 3 is 2.87 bits per heavy atom. The zero-order chi connectivity index (χ0) is 11.1. The summed E-state index contributed by atoms with van der Waals surface area (Å²) >= 11 is 0. The molecule has 1 heterocycles.